The first kappa shape index (κ1) is 17.7. The average Bonchev–Trinajstić information content (AvgIpc) is 2.42. The summed E-state index contributed by atoms with van der Waals surface area (Å²) in [6, 6.07) is 4.20. The SMILES string of the molecule is CC[C@@H](C)[C@H](NS(=O)(=O)c1ccc(C)cc1C)C(=O)OC. The van der Waals surface area contributed by atoms with Gasteiger partial charge in [-0.05, 0) is 31.4 Å². The van der Waals surface area contributed by atoms with E-state index in [4.69, 9.17) is 4.74 Å². The highest BCUT2D eigenvalue weighted by Gasteiger charge is 2.30. The maximum Gasteiger partial charge on any atom is 0.324 e. The van der Waals surface area contributed by atoms with E-state index in [0.29, 0.717) is 12.0 Å². The molecule has 0 aromatic heterocycles. The second-order valence-electron chi connectivity index (χ2n) is 5.28. The van der Waals surface area contributed by atoms with Crippen LogP contribution in [0.2, 0.25) is 0 Å². The van der Waals surface area contributed by atoms with Gasteiger partial charge in [-0.1, -0.05) is 38.0 Å². The molecule has 1 rings (SSSR count). The molecule has 21 heavy (non-hydrogen) atoms. The Morgan fingerprint density at radius 1 is 1.33 bits per heavy atom. The van der Waals surface area contributed by atoms with Crippen LogP contribution in [-0.4, -0.2) is 27.5 Å². The molecule has 0 unspecified atom stereocenters. The van der Waals surface area contributed by atoms with Gasteiger partial charge in [-0.2, -0.15) is 4.72 Å². The van der Waals surface area contributed by atoms with Crippen LogP contribution in [0.5, 0.6) is 0 Å². The third kappa shape index (κ3) is 4.28. The molecule has 118 valence electrons. The Bertz CT molecular complexity index is 610. The van der Waals surface area contributed by atoms with Crippen molar-refractivity contribution in [3.63, 3.8) is 0 Å². The number of hydrogen-bond acceptors (Lipinski definition) is 4. The van der Waals surface area contributed by atoms with Gasteiger partial charge in [-0.25, -0.2) is 8.42 Å². The number of methoxy groups -OCH3 is 1. The lowest BCUT2D eigenvalue weighted by Gasteiger charge is -2.22. The van der Waals surface area contributed by atoms with E-state index in [0.717, 1.165) is 5.56 Å². The number of carbonyl (C=O) groups is 1. The highest BCUT2D eigenvalue weighted by molar-refractivity contribution is 7.89. The molecule has 1 aromatic carbocycles. The number of rotatable bonds is 6. The summed E-state index contributed by atoms with van der Waals surface area (Å²) in [5.41, 5.74) is 1.63. The Morgan fingerprint density at radius 3 is 2.43 bits per heavy atom. The van der Waals surface area contributed by atoms with Gasteiger partial charge < -0.3 is 4.74 Å². The summed E-state index contributed by atoms with van der Waals surface area (Å²) in [5, 5.41) is 0. The Balaban J connectivity index is 3.14. The van der Waals surface area contributed by atoms with Crippen molar-refractivity contribution in [2.45, 2.75) is 45.1 Å². The minimum atomic E-state index is -3.77. The van der Waals surface area contributed by atoms with E-state index < -0.39 is 22.0 Å². The molecule has 6 heteroatoms. The molecule has 0 amide bonds. The van der Waals surface area contributed by atoms with E-state index >= 15 is 0 Å². The summed E-state index contributed by atoms with van der Waals surface area (Å²) < 4.78 is 32.2. The predicted molar refractivity (Wildman–Crippen MR) is 81.5 cm³/mol. The number of nitrogens with one attached hydrogen (secondary N) is 1. The van der Waals surface area contributed by atoms with Gasteiger partial charge in [-0.15, -0.1) is 0 Å². The molecule has 0 saturated carbocycles. The van der Waals surface area contributed by atoms with Gasteiger partial charge in [0.2, 0.25) is 10.0 Å². The number of esters is 1. The first-order valence-corrected chi connectivity index (χ1v) is 8.38. The molecular weight excluding hydrogens is 290 g/mol. The molecule has 0 fully saturated rings. The minimum Gasteiger partial charge on any atom is -0.468 e. The second-order valence-corrected chi connectivity index (χ2v) is 6.96. The van der Waals surface area contributed by atoms with Crippen LogP contribution in [-0.2, 0) is 19.6 Å². The van der Waals surface area contributed by atoms with Gasteiger partial charge >= 0.3 is 5.97 Å². The first-order chi connectivity index (χ1) is 9.72. The van der Waals surface area contributed by atoms with E-state index in [2.05, 4.69) is 4.72 Å². The lowest BCUT2D eigenvalue weighted by Crippen LogP contribution is -2.45. The summed E-state index contributed by atoms with van der Waals surface area (Å²) in [7, 11) is -2.51. The highest BCUT2D eigenvalue weighted by Crippen LogP contribution is 2.19. The monoisotopic (exact) mass is 313 g/mol. The lowest BCUT2D eigenvalue weighted by molar-refractivity contribution is -0.143. The summed E-state index contributed by atoms with van der Waals surface area (Å²) in [4.78, 5) is 12.0. The van der Waals surface area contributed by atoms with Crippen molar-refractivity contribution in [1.29, 1.82) is 0 Å². The lowest BCUT2D eigenvalue weighted by atomic mass is 10.0. The molecule has 1 N–H and O–H groups in total. The van der Waals surface area contributed by atoms with Crippen LogP contribution < -0.4 is 4.72 Å². The van der Waals surface area contributed by atoms with Gasteiger partial charge in [-0.3, -0.25) is 4.79 Å². The molecular formula is C15H23NO4S. The quantitative estimate of drug-likeness (QED) is 0.817. The van der Waals surface area contributed by atoms with Crippen LogP contribution in [0.25, 0.3) is 0 Å². The summed E-state index contributed by atoms with van der Waals surface area (Å²) in [5.74, 6) is -0.726. The second kappa shape index (κ2) is 7.04. The summed E-state index contributed by atoms with van der Waals surface area (Å²) >= 11 is 0. The zero-order chi connectivity index (χ0) is 16.2. The molecule has 0 spiro atoms. The number of benzene rings is 1. The van der Waals surface area contributed by atoms with Crippen molar-refractivity contribution in [3.8, 4) is 0 Å². The topological polar surface area (TPSA) is 72.5 Å². The molecule has 0 saturated heterocycles. The van der Waals surface area contributed by atoms with Crippen LogP contribution in [0.3, 0.4) is 0 Å². The number of hydrogen-bond donors (Lipinski definition) is 1. The molecule has 2 atom stereocenters. The van der Waals surface area contributed by atoms with Crippen molar-refractivity contribution < 1.29 is 17.9 Å². The van der Waals surface area contributed by atoms with E-state index in [9.17, 15) is 13.2 Å². The van der Waals surface area contributed by atoms with Crippen molar-refractivity contribution in [1.82, 2.24) is 4.72 Å². The number of aryl methyl sites for hydroxylation is 2. The first-order valence-electron chi connectivity index (χ1n) is 6.90. The smallest absolute Gasteiger partial charge is 0.324 e. The fourth-order valence-corrected chi connectivity index (χ4v) is 3.61. The molecule has 0 aliphatic heterocycles. The molecule has 0 aliphatic rings. The third-order valence-electron chi connectivity index (χ3n) is 3.57. The van der Waals surface area contributed by atoms with E-state index in [-0.39, 0.29) is 10.8 Å². The fraction of sp³-hybridized carbons (Fsp3) is 0.533. The van der Waals surface area contributed by atoms with E-state index in [1.807, 2.05) is 20.8 Å². The minimum absolute atomic E-state index is 0.155. The average molecular weight is 313 g/mol. The van der Waals surface area contributed by atoms with Crippen LogP contribution in [0.15, 0.2) is 23.1 Å². The predicted octanol–water partition coefficient (Wildman–Crippen LogP) is 2.17. The molecule has 0 bridgehead atoms. The van der Waals surface area contributed by atoms with Crippen LogP contribution >= 0.6 is 0 Å². The maximum absolute atomic E-state index is 12.5. The Morgan fingerprint density at radius 2 is 1.95 bits per heavy atom. The van der Waals surface area contributed by atoms with Gasteiger partial charge in [0.05, 0.1) is 12.0 Å². The van der Waals surface area contributed by atoms with Crippen molar-refractivity contribution in [2.24, 2.45) is 5.92 Å². The standard InChI is InChI=1S/C15H23NO4S/c1-6-11(3)14(15(17)20-5)16-21(18,19)13-8-7-10(2)9-12(13)4/h7-9,11,14,16H,6H2,1-5H3/t11-,14+/m1/s1. The zero-order valence-corrected chi connectivity index (χ0v) is 14.0. The summed E-state index contributed by atoms with van der Waals surface area (Å²) in [6.45, 7) is 7.34. The third-order valence-corrected chi connectivity index (χ3v) is 5.17. The van der Waals surface area contributed by atoms with Gasteiger partial charge in [0.1, 0.15) is 6.04 Å². The van der Waals surface area contributed by atoms with Gasteiger partial charge in [0.15, 0.2) is 0 Å². The van der Waals surface area contributed by atoms with Crippen LogP contribution in [0.4, 0.5) is 0 Å². The largest absolute Gasteiger partial charge is 0.468 e. The molecule has 0 aliphatic carbocycles. The number of carbonyl (C=O) groups excluding carboxylic acids is 1. The summed E-state index contributed by atoms with van der Waals surface area (Å²) in [6.07, 6.45) is 0.662. The van der Waals surface area contributed by atoms with E-state index in [1.165, 1.54) is 7.11 Å². The highest BCUT2D eigenvalue weighted by atomic mass is 32.2. The molecule has 0 radical (unpaired) electrons. The molecule has 5 nitrogen and oxygen atoms in total. The van der Waals surface area contributed by atoms with Crippen molar-refractivity contribution >= 4 is 16.0 Å². The molecule has 1 aromatic rings. The molecule has 0 heterocycles. The Hall–Kier alpha value is -1.40. The van der Waals surface area contributed by atoms with E-state index in [1.54, 1.807) is 25.1 Å². The number of ether oxygens (including phenoxy) is 1. The van der Waals surface area contributed by atoms with Crippen molar-refractivity contribution in [3.05, 3.63) is 29.3 Å². The Labute approximate surface area is 126 Å². The van der Waals surface area contributed by atoms with Gasteiger partial charge in [0.25, 0.3) is 0 Å². The zero-order valence-electron chi connectivity index (χ0n) is 13.1. The fourth-order valence-electron chi connectivity index (χ4n) is 2.09. The van der Waals surface area contributed by atoms with Crippen LogP contribution in [0, 0.1) is 19.8 Å². The number of sulfonamides is 1. The van der Waals surface area contributed by atoms with Gasteiger partial charge in [0, 0.05) is 0 Å². The Kier molecular flexibility index (Phi) is 5.92. The van der Waals surface area contributed by atoms with Crippen LogP contribution in [0.1, 0.15) is 31.4 Å². The normalized spacial score (nSPS) is 14.5. The van der Waals surface area contributed by atoms with Crippen molar-refractivity contribution in [2.75, 3.05) is 7.11 Å². The maximum atomic E-state index is 12.5.